The Bertz CT molecular complexity index is 686. The molecule has 1 saturated heterocycles. The van der Waals surface area contributed by atoms with Crippen LogP contribution in [-0.4, -0.2) is 56.7 Å². The summed E-state index contributed by atoms with van der Waals surface area (Å²) >= 11 is 1.07. The summed E-state index contributed by atoms with van der Waals surface area (Å²) < 4.78 is 21.3. The number of thioether (sulfide) groups is 1. The summed E-state index contributed by atoms with van der Waals surface area (Å²) in [6.45, 7) is 16.8. The number of carbonyl (C=O) groups is 3. The van der Waals surface area contributed by atoms with Crippen molar-refractivity contribution in [3.63, 3.8) is 0 Å². The fourth-order valence-corrected chi connectivity index (χ4v) is 3.20. The topological polar surface area (TPSA) is 104 Å². The minimum Gasteiger partial charge on any atom is -0.443 e. The van der Waals surface area contributed by atoms with Crippen LogP contribution >= 0.6 is 11.8 Å². The number of aliphatic imine (C=N–C) groups is 1. The predicted molar refractivity (Wildman–Crippen MR) is 110 cm³/mol. The van der Waals surface area contributed by atoms with E-state index in [1.807, 2.05) is 0 Å². The third-order valence-electron chi connectivity index (χ3n) is 2.98. The molecule has 1 fully saturated rings. The summed E-state index contributed by atoms with van der Waals surface area (Å²) in [5.74, 6) is 0.132. The number of amides is 2. The van der Waals surface area contributed by atoms with E-state index in [1.54, 1.807) is 62.3 Å². The number of rotatable bonds is 1. The Labute approximate surface area is 176 Å². The molecule has 10 heteroatoms. The Morgan fingerprint density at radius 3 is 1.83 bits per heavy atom. The Hall–Kier alpha value is -1.97. The monoisotopic (exact) mass is 432 g/mol. The highest BCUT2D eigenvalue weighted by Crippen LogP contribution is 2.36. The van der Waals surface area contributed by atoms with Gasteiger partial charge in [0, 0.05) is 0 Å². The zero-order chi connectivity index (χ0) is 22.8. The van der Waals surface area contributed by atoms with Crippen LogP contribution in [0.4, 0.5) is 14.4 Å². The Morgan fingerprint density at radius 1 is 0.897 bits per heavy atom. The smallest absolute Gasteiger partial charge is 0.443 e. The van der Waals surface area contributed by atoms with Crippen molar-refractivity contribution in [3.05, 3.63) is 0 Å². The largest absolute Gasteiger partial charge is 0.510 e. The summed E-state index contributed by atoms with van der Waals surface area (Å²) in [5, 5.41) is 0.0135. The summed E-state index contributed by atoms with van der Waals surface area (Å²) in [4.78, 5) is 42.1. The van der Waals surface area contributed by atoms with Crippen molar-refractivity contribution >= 4 is 35.3 Å². The molecule has 0 spiro atoms. The van der Waals surface area contributed by atoms with Gasteiger partial charge in [-0.25, -0.2) is 19.3 Å². The van der Waals surface area contributed by atoms with E-state index in [0.29, 0.717) is 0 Å². The fraction of sp³-hybridized carbons (Fsp3) is 0.789. The second kappa shape index (κ2) is 8.41. The first-order valence-corrected chi connectivity index (χ1v) is 10.2. The molecule has 0 aromatic carbocycles. The molecule has 2 amide bonds. The van der Waals surface area contributed by atoms with Gasteiger partial charge in [0.2, 0.25) is 5.72 Å². The zero-order valence-electron chi connectivity index (χ0n) is 18.9. The molecule has 1 aliphatic rings. The highest BCUT2D eigenvalue weighted by atomic mass is 32.2. The summed E-state index contributed by atoms with van der Waals surface area (Å²) in [5.41, 5.74) is -3.80. The van der Waals surface area contributed by atoms with Crippen molar-refractivity contribution in [1.29, 1.82) is 0 Å². The van der Waals surface area contributed by atoms with E-state index in [4.69, 9.17) is 18.9 Å². The van der Waals surface area contributed by atoms with E-state index < -0.39 is 40.9 Å². The average molecular weight is 433 g/mol. The molecule has 0 radical (unpaired) electrons. The molecule has 0 aliphatic carbocycles. The molecular formula is C19H32N2O7S. The molecule has 0 bridgehead atoms. The summed E-state index contributed by atoms with van der Waals surface area (Å²) in [6, 6.07) is 0. The number of hydrogen-bond acceptors (Lipinski definition) is 8. The molecule has 9 nitrogen and oxygen atoms in total. The Kier molecular flexibility index (Phi) is 7.27. The van der Waals surface area contributed by atoms with Crippen LogP contribution in [0.25, 0.3) is 0 Å². The quantitative estimate of drug-likeness (QED) is 0.424. The van der Waals surface area contributed by atoms with Gasteiger partial charge in [0.15, 0.2) is 5.17 Å². The number of hydrogen-bond donors (Lipinski definition) is 0. The zero-order valence-corrected chi connectivity index (χ0v) is 19.7. The van der Waals surface area contributed by atoms with Gasteiger partial charge in [-0.3, -0.25) is 0 Å². The molecule has 0 aromatic heterocycles. The van der Waals surface area contributed by atoms with E-state index in [-0.39, 0.29) is 10.9 Å². The first kappa shape index (κ1) is 25.1. The second-order valence-corrected chi connectivity index (χ2v) is 10.7. The summed E-state index contributed by atoms with van der Waals surface area (Å²) in [7, 11) is 0. The van der Waals surface area contributed by atoms with Crippen molar-refractivity contribution in [2.75, 3.05) is 5.75 Å². The van der Waals surface area contributed by atoms with Crippen molar-refractivity contribution in [3.8, 4) is 0 Å². The Morgan fingerprint density at radius 2 is 1.38 bits per heavy atom. The normalized spacial score (nSPS) is 21.7. The molecule has 1 rings (SSSR count). The SMILES string of the molecule is CC(C)(C)OC(=O)N=C1SCC(C)(OC(=O)OC(C)(C)C)N1C(=O)OC(C)(C)C. The van der Waals surface area contributed by atoms with Gasteiger partial charge >= 0.3 is 18.3 Å². The van der Waals surface area contributed by atoms with E-state index >= 15 is 0 Å². The van der Waals surface area contributed by atoms with Gasteiger partial charge in [-0.2, -0.15) is 4.99 Å². The molecule has 1 unspecified atom stereocenters. The van der Waals surface area contributed by atoms with Gasteiger partial charge in [0.1, 0.15) is 16.8 Å². The maximum Gasteiger partial charge on any atom is 0.510 e. The highest BCUT2D eigenvalue weighted by Gasteiger charge is 2.51. The van der Waals surface area contributed by atoms with E-state index in [2.05, 4.69) is 4.99 Å². The standard InChI is InChI=1S/C19H32N2O7S/c1-16(2,3)25-13(22)20-12-21(14(23)26-17(4,5)6)19(10,11-29-12)28-15(24)27-18(7,8)9/h11H2,1-10H3. The molecule has 166 valence electrons. The number of nitrogens with zero attached hydrogens (tertiary/aromatic N) is 2. The van der Waals surface area contributed by atoms with Crippen molar-refractivity contribution in [1.82, 2.24) is 4.90 Å². The van der Waals surface area contributed by atoms with E-state index in [9.17, 15) is 14.4 Å². The van der Waals surface area contributed by atoms with Gasteiger partial charge in [-0.15, -0.1) is 0 Å². The maximum atomic E-state index is 12.8. The van der Waals surface area contributed by atoms with Crippen LogP contribution in [0, 0.1) is 0 Å². The van der Waals surface area contributed by atoms with Crippen LogP contribution in [0.3, 0.4) is 0 Å². The first-order valence-electron chi connectivity index (χ1n) is 9.21. The Balaban J connectivity index is 3.20. The minimum absolute atomic E-state index is 0.0135. The molecule has 29 heavy (non-hydrogen) atoms. The van der Waals surface area contributed by atoms with Crippen molar-refractivity contribution in [2.24, 2.45) is 4.99 Å². The third-order valence-corrected chi connectivity index (χ3v) is 4.19. The van der Waals surface area contributed by atoms with Gasteiger partial charge in [0.05, 0.1) is 5.75 Å². The third kappa shape index (κ3) is 8.51. The molecule has 0 saturated carbocycles. The molecule has 1 heterocycles. The highest BCUT2D eigenvalue weighted by molar-refractivity contribution is 8.14. The molecular weight excluding hydrogens is 400 g/mol. The second-order valence-electron chi connectivity index (χ2n) is 9.72. The number of amidine groups is 1. The lowest BCUT2D eigenvalue weighted by Gasteiger charge is -2.34. The fourth-order valence-electron chi connectivity index (χ4n) is 2.08. The lowest BCUT2D eigenvalue weighted by Crippen LogP contribution is -2.53. The van der Waals surface area contributed by atoms with Crippen molar-refractivity contribution < 1.29 is 33.3 Å². The number of ether oxygens (including phenoxy) is 4. The summed E-state index contributed by atoms with van der Waals surface area (Å²) in [6.07, 6.45) is -2.63. The van der Waals surface area contributed by atoms with Crippen LogP contribution in [0.2, 0.25) is 0 Å². The first-order chi connectivity index (χ1) is 12.8. The minimum atomic E-state index is -1.46. The predicted octanol–water partition coefficient (Wildman–Crippen LogP) is 4.93. The van der Waals surface area contributed by atoms with Crippen LogP contribution in [-0.2, 0) is 18.9 Å². The van der Waals surface area contributed by atoms with Crippen LogP contribution in [0.1, 0.15) is 69.2 Å². The maximum absolute atomic E-state index is 12.8. The van der Waals surface area contributed by atoms with Gasteiger partial charge in [-0.05, 0) is 69.2 Å². The van der Waals surface area contributed by atoms with Crippen LogP contribution in [0.5, 0.6) is 0 Å². The van der Waals surface area contributed by atoms with Gasteiger partial charge in [-0.1, -0.05) is 11.8 Å². The van der Waals surface area contributed by atoms with Crippen molar-refractivity contribution in [2.45, 2.75) is 91.8 Å². The van der Waals surface area contributed by atoms with E-state index in [0.717, 1.165) is 16.7 Å². The molecule has 0 N–H and O–H groups in total. The molecule has 1 atom stereocenters. The number of carbonyl (C=O) groups excluding carboxylic acids is 3. The molecule has 0 aromatic rings. The molecule has 1 aliphatic heterocycles. The average Bonchev–Trinajstić information content (AvgIpc) is 2.68. The lowest BCUT2D eigenvalue weighted by molar-refractivity contribution is -0.0932. The van der Waals surface area contributed by atoms with Crippen LogP contribution < -0.4 is 0 Å². The van der Waals surface area contributed by atoms with Gasteiger partial charge in [0.25, 0.3) is 0 Å². The van der Waals surface area contributed by atoms with Crippen LogP contribution in [0.15, 0.2) is 4.99 Å². The lowest BCUT2D eigenvalue weighted by atomic mass is 10.2. The van der Waals surface area contributed by atoms with E-state index in [1.165, 1.54) is 6.92 Å². The van der Waals surface area contributed by atoms with Gasteiger partial charge < -0.3 is 18.9 Å².